The number of aromatic nitrogens is 3. The van der Waals surface area contributed by atoms with Gasteiger partial charge in [-0.15, -0.1) is 5.10 Å². The van der Waals surface area contributed by atoms with Crippen LogP contribution in [0.3, 0.4) is 0 Å². The molecule has 0 spiro atoms. The molecule has 0 saturated heterocycles. The molecule has 0 bridgehead atoms. The zero-order valence-corrected chi connectivity index (χ0v) is 11.6. The van der Waals surface area contributed by atoms with E-state index in [1.54, 1.807) is 0 Å². The maximum atomic E-state index is 4.50. The fourth-order valence-electron chi connectivity index (χ4n) is 2.92. The summed E-state index contributed by atoms with van der Waals surface area (Å²) in [5.41, 5.74) is 2.13. The Bertz CT molecular complexity index is 540. The molecule has 102 valence electrons. The molecule has 1 saturated carbocycles. The van der Waals surface area contributed by atoms with E-state index in [-0.39, 0.29) is 0 Å². The zero-order chi connectivity index (χ0) is 13.1. The summed E-state index contributed by atoms with van der Waals surface area (Å²) in [5, 5.41) is 7.79. The van der Waals surface area contributed by atoms with E-state index >= 15 is 0 Å². The van der Waals surface area contributed by atoms with Gasteiger partial charge < -0.3 is 5.32 Å². The molecule has 2 heterocycles. The summed E-state index contributed by atoms with van der Waals surface area (Å²) in [5.74, 6) is 1.65. The van der Waals surface area contributed by atoms with Crippen LogP contribution in [0.1, 0.15) is 44.1 Å². The lowest BCUT2D eigenvalue weighted by Gasteiger charge is -2.21. The number of aryl methyl sites for hydroxylation is 1. The van der Waals surface area contributed by atoms with Gasteiger partial charge in [0.25, 0.3) is 0 Å². The zero-order valence-electron chi connectivity index (χ0n) is 11.6. The molecule has 0 atom stereocenters. The Kier molecular flexibility index (Phi) is 3.67. The van der Waals surface area contributed by atoms with Crippen molar-refractivity contribution in [3.8, 4) is 0 Å². The number of hydrogen-bond acceptors (Lipinski definition) is 3. The van der Waals surface area contributed by atoms with Gasteiger partial charge in [0.15, 0.2) is 5.65 Å². The van der Waals surface area contributed by atoms with Gasteiger partial charge in [-0.1, -0.05) is 32.1 Å². The van der Waals surface area contributed by atoms with E-state index in [0.717, 1.165) is 24.1 Å². The van der Waals surface area contributed by atoms with Gasteiger partial charge in [0, 0.05) is 12.7 Å². The van der Waals surface area contributed by atoms with Crippen LogP contribution in [0.5, 0.6) is 0 Å². The van der Waals surface area contributed by atoms with Crippen molar-refractivity contribution in [3.05, 3.63) is 23.9 Å². The van der Waals surface area contributed by atoms with Gasteiger partial charge >= 0.3 is 0 Å². The smallest absolute Gasteiger partial charge is 0.243 e. The summed E-state index contributed by atoms with van der Waals surface area (Å²) >= 11 is 0. The van der Waals surface area contributed by atoms with Crippen molar-refractivity contribution >= 4 is 11.6 Å². The second kappa shape index (κ2) is 5.59. The largest absolute Gasteiger partial charge is 0.353 e. The van der Waals surface area contributed by atoms with Gasteiger partial charge in [-0.05, 0) is 37.0 Å². The van der Waals surface area contributed by atoms with Crippen molar-refractivity contribution in [3.63, 3.8) is 0 Å². The molecule has 2 aromatic rings. The van der Waals surface area contributed by atoms with Crippen molar-refractivity contribution in [1.82, 2.24) is 14.6 Å². The predicted octanol–water partition coefficient (Wildman–Crippen LogP) is 3.42. The standard InChI is InChI=1S/C15H22N4/c1-12-8-10-19-14(11-12)17-15(18-19)16-9-7-13-5-3-2-4-6-13/h8,10-11,13H,2-7,9H2,1H3,(H,16,18). The quantitative estimate of drug-likeness (QED) is 0.913. The maximum absolute atomic E-state index is 4.50. The van der Waals surface area contributed by atoms with E-state index in [2.05, 4.69) is 28.4 Å². The highest BCUT2D eigenvalue weighted by Crippen LogP contribution is 2.26. The highest BCUT2D eigenvalue weighted by molar-refractivity contribution is 5.45. The van der Waals surface area contributed by atoms with E-state index in [0.29, 0.717) is 0 Å². The molecular weight excluding hydrogens is 236 g/mol. The summed E-state index contributed by atoms with van der Waals surface area (Å²) < 4.78 is 1.83. The van der Waals surface area contributed by atoms with Crippen molar-refractivity contribution in [2.45, 2.75) is 45.4 Å². The minimum atomic E-state index is 0.751. The summed E-state index contributed by atoms with van der Waals surface area (Å²) in [7, 11) is 0. The molecule has 2 aromatic heterocycles. The van der Waals surface area contributed by atoms with Gasteiger partial charge in [-0.2, -0.15) is 4.98 Å². The summed E-state index contributed by atoms with van der Waals surface area (Å²) in [6, 6.07) is 4.10. The Labute approximate surface area is 114 Å². The molecule has 3 rings (SSSR count). The molecule has 0 unspecified atom stereocenters. The number of pyridine rings is 1. The van der Waals surface area contributed by atoms with Gasteiger partial charge in [-0.3, -0.25) is 0 Å². The van der Waals surface area contributed by atoms with E-state index < -0.39 is 0 Å². The van der Waals surface area contributed by atoms with Gasteiger partial charge in [0.2, 0.25) is 5.95 Å². The number of rotatable bonds is 4. The lowest BCUT2D eigenvalue weighted by Crippen LogP contribution is -2.12. The third kappa shape index (κ3) is 3.06. The van der Waals surface area contributed by atoms with Gasteiger partial charge in [0.05, 0.1) is 0 Å². The summed E-state index contributed by atoms with van der Waals surface area (Å²) in [6.07, 6.45) is 10.3. The van der Waals surface area contributed by atoms with Gasteiger partial charge in [0.1, 0.15) is 0 Å². The first-order valence-electron chi connectivity index (χ1n) is 7.38. The number of nitrogens with one attached hydrogen (secondary N) is 1. The average Bonchev–Trinajstić information content (AvgIpc) is 2.82. The van der Waals surface area contributed by atoms with Crippen molar-refractivity contribution in [2.24, 2.45) is 5.92 Å². The molecule has 4 heteroatoms. The van der Waals surface area contributed by atoms with Crippen molar-refractivity contribution < 1.29 is 0 Å². The molecule has 1 aliphatic rings. The van der Waals surface area contributed by atoms with Crippen LogP contribution < -0.4 is 5.32 Å². The van der Waals surface area contributed by atoms with E-state index in [9.17, 15) is 0 Å². The minimum absolute atomic E-state index is 0.751. The fraction of sp³-hybridized carbons (Fsp3) is 0.600. The number of hydrogen-bond donors (Lipinski definition) is 1. The molecule has 0 aromatic carbocycles. The Morgan fingerprint density at radius 2 is 2.16 bits per heavy atom. The van der Waals surface area contributed by atoms with Crippen LogP contribution in [-0.2, 0) is 0 Å². The van der Waals surface area contributed by atoms with Crippen LogP contribution >= 0.6 is 0 Å². The highest BCUT2D eigenvalue weighted by atomic mass is 15.3. The molecule has 0 aliphatic heterocycles. The fourth-order valence-corrected chi connectivity index (χ4v) is 2.92. The topological polar surface area (TPSA) is 42.2 Å². The molecule has 0 radical (unpaired) electrons. The number of anilines is 1. The Morgan fingerprint density at radius 3 is 3.00 bits per heavy atom. The van der Waals surface area contributed by atoms with E-state index in [1.807, 2.05) is 16.8 Å². The average molecular weight is 258 g/mol. The molecular formula is C15H22N4. The van der Waals surface area contributed by atoms with E-state index in [1.165, 1.54) is 44.1 Å². The number of nitrogens with zero attached hydrogens (tertiary/aromatic N) is 3. The molecule has 1 fully saturated rings. The van der Waals surface area contributed by atoms with Gasteiger partial charge in [-0.25, -0.2) is 4.52 Å². The molecule has 19 heavy (non-hydrogen) atoms. The molecule has 0 amide bonds. The summed E-state index contributed by atoms with van der Waals surface area (Å²) in [6.45, 7) is 3.06. The summed E-state index contributed by atoms with van der Waals surface area (Å²) in [4.78, 5) is 4.50. The Morgan fingerprint density at radius 1 is 1.32 bits per heavy atom. The van der Waals surface area contributed by atoms with Crippen LogP contribution in [-0.4, -0.2) is 21.1 Å². The second-order valence-corrected chi connectivity index (χ2v) is 5.66. The predicted molar refractivity (Wildman–Crippen MR) is 77.4 cm³/mol. The van der Waals surface area contributed by atoms with Crippen molar-refractivity contribution in [2.75, 3.05) is 11.9 Å². The van der Waals surface area contributed by atoms with Crippen LogP contribution in [0.2, 0.25) is 0 Å². The SMILES string of the molecule is Cc1ccn2nc(NCCC3CCCCC3)nc2c1. The second-order valence-electron chi connectivity index (χ2n) is 5.66. The van der Waals surface area contributed by atoms with Crippen LogP contribution in [0.15, 0.2) is 18.3 Å². The lowest BCUT2D eigenvalue weighted by molar-refractivity contribution is 0.345. The monoisotopic (exact) mass is 258 g/mol. The van der Waals surface area contributed by atoms with E-state index in [4.69, 9.17) is 0 Å². The minimum Gasteiger partial charge on any atom is -0.353 e. The molecule has 4 nitrogen and oxygen atoms in total. The Balaban J connectivity index is 1.56. The first kappa shape index (κ1) is 12.5. The van der Waals surface area contributed by atoms with Crippen LogP contribution in [0, 0.1) is 12.8 Å². The third-order valence-electron chi connectivity index (χ3n) is 4.05. The lowest BCUT2D eigenvalue weighted by atomic mass is 9.87. The first-order chi connectivity index (χ1) is 9.31. The number of fused-ring (bicyclic) bond motifs is 1. The first-order valence-corrected chi connectivity index (χ1v) is 7.38. The molecule has 1 aliphatic carbocycles. The normalized spacial score (nSPS) is 16.9. The maximum Gasteiger partial charge on any atom is 0.243 e. The van der Waals surface area contributed by atoms with Crippen LogP contribution in [0.25, 0.3) is 5.65 Å². The highest BCUT2D eigenvalue weighted by Gasteiger charge is 2.13. The van der Waals surface area contributed by atoms with Crippen LogP contribution in [0.4, 0.5) is 5.95 Å². The Hall–Kier alpha value is -1.58. The molecule has 1 N–H and O–H groups in total. The van der Waals surface area contributed by atoms with Crippen molar-refractivity contribution in [1.29, 1.82) is 0 Å². The third-order valence-corrected chi connectivity index (χ3v) is 4.05.